The first-order valence-corrected chi connectivity index (χ1v) is 9.75. The lowest BCUT2D eigenvalue weighted by Gasteiger charge is -2.59. The second kappa shape index (κ2) is 5.46. The Balaban J connectivity index is 1.71. The van der Waals surface area contributed by atoms with Gasteiger partial charge in [0.1, 0.15) is 0 Å². The van der Waals surface area contributed by atoms with Crippen LogP contribution in [0.25, 0.3) is 0 Å². The number of allylic oxidation sites excluding steroid dienone is 2. The minimum absolute atomic E-state index is 0.200. The Hall–Kier alpha value is -0.600. The lowest BCUT2D eigenvalue weighted by molar-refractivity contribution is -0.0816. The van der Waals surface area contributed by atoms with Gasteiger partial charge in [-0.3, -0.25) is 0 Å². The van der Waals surface area contributed by atoms with Gasteiger partial charge < -0.3 is 10.2 Å². The third-order valence-electron chi connectivity index (χ3n) is 7.91. The smallest absolute Gasteiger partial charge is 0.0757 e. The van der Waals surface area contributed by atoms with Gasteiger partial charge in [-0.2, -0.15) is 0 Å². The van der Waals surface area contributed by atoms with Crippen LogP contribution in [0.5, 0.6) is 0 Å². The highest BCUT2D eigenvalue weighted by Crippen LogP contribution is 2.64. The van der Waals surface area contributed by atoms with Crippen LogP contribution in [0, 0.1) is 28.6 Å². The predicted molar refractivity (Wildman–Crippen MR) is 92.9 cm³/mol. The zero-order valence-corrected chi connectivity index (χ0v) is 14.7. The van der Waals surface area contributed by atoms with Gasteiger partial charge in [0, 0.05) is 0 Å². The topological polar surface area (TPSA) is 40.5 Å². The van der Waals surface area contributed by atoms with E-state index in [0.717, 1.165) is 25.7 Å². The lowest BCUT2D eigenvalue weighted by Crippen LogP contribution is -2.54. The molecule has 128 valence electrons. The van der Waals surface area contributed by atoms with Crippen LogP contribution in [0.2, 0.25) is 0 Å². The first-order chi connectivity index (χ1) is 11.0. The maximum Gasteiger partial charge on any atom is 0.0757 e. The number of fused-ring (bicyclic) bond motifs is 5. The van der Waals surface area contributed by atoms with Crippen LogP contribution in [-0.2, 0) is 0 Å². The summed E-state index contributed by atoms with van der Waals surface area (Å²) in [7, 11) is 0. The summed E-state index contributed by atoms with van der Waals surface area (Å²) in [5, 5.41) is 21.1. The van der Waals surface area contributed by atoms with Crippen molar-refractivity contribution in [2.24, 2.45) is 28.6 Å². The van der Waals surface area contributed by atoms with Crippen LogP contribution in [0.4, 0.5) is 0 Å². The zero-order valence-electron chi connectivity index (χ0n) is 14.7. The molecule has 2 fully saturated rings. The Kier molecular flexibility index (Phi) is 3.77. The second-order valence-electron chi connectivity index (χ2n) is 8.95. The molecule has 4 aliphatic rings. The molecule has 2 saturated carbocycles. The van der Waals surface area contributed by atoms with E-state index in [4.69, 9.17) is 0 Å². The second-order valence-corrected chi connectivity index (χ2v) is 8.95. The van der Waals surface area contributed by atoms with Crippen molar-refractivity contribution >= 4 is 0 Å². The Labute approximate surface area is 140 Å². The summed E-state index contributed by atoms with van der Waals surface area (Å²) in [6.07, 6.45) is 15.5. The van der Waals surface area contributed by atoms with Gasteiger partial charge in [-0.1, -0.05) is 44.1 Å². The lowest BCUT2D eigenvalue weighted by atomic mass is 9.46. The van der Waals surface area contributed by atoms with Gasteiger partial charge in [0.05, 0.1) is 12.2 Å². The Morgan fingerprint density at radius 3 is 2.78 bits per heavy atom. The van der Waals surface area contributed by atoms with Gasteiger partial charge in [0.15, 0.2) is 0 Å². The molecule has 0 aromatic carbocycles. The molecular weight excluding hydrogens is 284 g/mol. The number of aliphatic hydroxyl groups is 2. The minimum atomic E-state index is -0.310. The Bertz CT molecular complexity index is 536. The van der Waals surface area contributed by atoms with E-state index in [1.165, 1.54) is 31.3 Å². The highest BCUT2D eigenvalue weighted by Gasteiger charge is 2.58. The van der Waals surface area contributed by atoms with E-state index >= 15 is 0 Å². The largest absolute Gasteiger partial charge is 0.393 e. The summed E-state index contributed by atoms with van der Waals surface area (Å²) < 4.78 is 0. The van der Waals surface area contributed by atoms with E-state index in [0.29, 0.717) is 23.2 Å². The molecule has 0 aromatic rings. The summed E-state index contributed by atoms with van der Waals surface area (Å²) in [6, 6.07) is 0. The summed E-state index contributed by atoms with van der Waals surface area (Å²) >= 11 is 0. The Morgan fingerprint density at radius 2 is 2.00 bits per heavy atom. The monoisotopic (exact) mass is 316 g/mol. The first-order valence-electron chi connectivity index (χ1n) is 9.75. The molecule has 7 atom stereocenters. The zero-order chi connectivity index (χ0) is 16.2. The number of hydrogen-bond acceptors (Lipinski definition) is 2. The van der Waals surface area contributed by atoms with Crippen LogP contribution >= 0.6 is 0 Å². The molecule has 2 nitrogen and oxygen atoms in total. The number of rotatable bonds is 2. The maximum atomic E-state index is 11.0. The molecule has 2 heteroatoms. The van der Waals surface area contributed by atoms with Crippen molar-refractivity contribution in [3.8, 4) is 0 Å². The molecular formula is C21H32O2. The standard InChI is InChI=1S/C21H32O2/c1-3-8-21-9-4-5-17(21)19-16(7-11-21)20(2)10-6-15(22)12-14(20)13-18(19)23/h4,9,13,15-19,22-23H,3,5-8,10-12H2,1-2H3/t15?,16-,17-,18-,19+,20-,21-/m0/s1. The molecule has 4 rings (SSSR count). The van der Waals surface area contributed by atoms with Crippen molar-refractivity contribution in [1.29, 1.82) is 0 Å². The molecule has 0 radical (unpaired) electrons. The molecule has 0 spiro atoms. The van der Waals surface area contributed by atoms with Gasteiger partial charge in [0.25, 0.3) is 0 Å². The average Bonchev–Trinajstić information content (AvgIpc) is 2.93. The van der Waals surface area contributed by atoms with Crippen LogP contribution in [-0.4, -0.2) is 22.4 Å². The average molecular weight is 316 g/mol. The van der Waals surface area contributed by atoms with Crippen molar-refractivity contribution < 1.29 is 10.2 Å². The van der Waals surface area contributed by atoms with E-state index in [1.54, 1.807) is 0 Å². The van der Waals surface area contributed by atoms with Crippen LogP contribution in [0.1, 0.15) is 65.2 Å². The predicted octanol–water partition coefficient (Wildman–Crippen LogP) is 4.23. The van der Waals surface area contributed by atoms with Crippen molar-refractivity contribution in [1.82, 2.24) is 0 Å². The molecule has 0 aromatic heterocycles. The highest BCUT2D eigenvalue weighted by atomic mass is 16.3. The third-order valence-corrected chi connectivity index (χ3v) is 7.91. The van der Waals surface area contributed by atoms with E-state index < -0.39 is 0 Å². The molecule has 23 heavy (non-hydrogen) atoms. The van der Waals surface area contributed by atoms with Gasteiger partial charge in [-0.25, -0.2) is 0 Å². The van der Waals surface area contributed by atoms with E-state index in [9.17, 15) is 10.2 Å². The van der Waals surface area contributed by atoms with Crippen molar-refractivity contribution in [2.45, 2.75) is 77.4 Å². The molecule has 1 unspecified atom stereocenters. The maximum absolute atomic E-state index is 11.0. The molecule has 0 aliphatic heterocycles. The van der Waals surface area contributed by atoms with Gasteiger partial charge >= 0.3 is 0 Å². The van der Waals surface area contributed by atoms with Crippen LogP contribution in [0.3, 0.4) is 0 Å². The summed E-state index contributed by atoms with van der Waals surface area (Å²) in [6.45, 7) is 4.71. The molecule has 0 amide bonds. The summed E-state index contributed by atoms with van der Waals surface area (Å²) in [5.74, 6) is 1.63. The fourth-order valence-electron chi connectivity index (χ4n) is 6.81. The molecule has 0 bridgehead atoms. The van der Waals surface area contributed by atoms with Crippen LogP contribution in [0.15, 0.2) is 23.8 Å². The first kappa shape index (κ1) is 15.9. The molecule has 0 saturated heterocycles. The van der Waals surface area contributed by atoms with E-state index in [1.807, 2.05) is 0 Å². The van der Waals surface area contributed by atoms with Crippen molar-refractivity contribution in [3.63, 3.8) is 0 Å². The van der Waals surface area contributed by atoms with Gasteiger partial charge in [-0.15, -0.1) is 0 Å². The third kappa shape index (κ3) is 2.21. The van der Waals surface area contributed by atoms with Crippen molar-refractivity contribution in [2.75, 3.05) is 0 Å². The van der Waals surface area contributed by atoms with E-state index in [-0.39, 0.29) is 17.6 Å². The summed E-state index contributed by atoms with van der Waals surface area (Å²) in [5.41, 5.74) is 1.91. The fourth-order valence-corrected chi connectivity index (χ4v) is 6.81. The minimum Gasteiger partial charge on any atom is -0.393 e. The molecule has 4 aliphatic carbocycles. The number of aliphatic hydroxyl groups excluding tert-OH is 2. The quantitative estimate of drug-likeness (QED) is 0.749. The van der Waals surface area contributed by atoms with Crippen molar-refractivity contribution in [3.05, 3.63) is 23.8 Å². The van der Waals surface area contributed by atoms with E-state index in [2.05, 4.69) is 32.1 Å². The number of hydrogen-bond donors (Lipinski definition) is 2. The highest BCUT2D eigenvalue weighted by molar-refractivity contribution is 5.29. The normalized spacial score (nSPS) is 51.7. The Morgan fingerprint density at radius 1 is 1.17 bits per heavy atom. The fraction of sp³-hybridized carbons (Fsp3) is 0.810. The van der Waals surface area contributed by atoms with Gasteiger partial charge in [0.2, 0.25) is 0 Å². The molecule has 2 N–H and O–H groups in total. The van der Waals surface area contributed by atoms with Gasteiger partial charge in [-0.05, 0) is 73.5 Å². The van der Waals surface area contributed by atoms with Crippen LogP contribution < -0.4 is 0 Å². The molecule has 0 heterocycles. The summed E-state index contributed by atoms with van der Waals surface area (Å²) in [4.78, 5) is 0. The SMILES string of the molecule is CCC[C@@]12C=CC[C@H]1[C@@H]1[C@@H](O)C=C3CC(O)CC[C@]3(C)[C@H]1CC2.